The molecule has 0 radical (unpaired) electrons. The molecule has 2 nitrogen and oxygen atoms in total. The van der Waals surface area contributed by atoms with E-state index < -0.39 is 0 Å². The molecule has 0 saturated heterocycles. The molecule has 0 amide bonds. The predicted octanol–water partition coefficient (Wildman–Crippen LogP) is 4.98. The quantitative estimate of drug-likeness (QED) is 0.577. The number of nitrogens with one attached hydrogen (secondary N) is 1. The molecule has 1 heterocycles. The van der Waals surface area contributed by atoms with E-state index in [1.165, 1.54) is 33.6 Å². The molecule has 1 N–H and O–H groups in total. The molecule has 1 aromatic heterocycles. The van der Waals surface area contributed by atoms with Crippen molar-refractivity contribution in [3.05, 3.63) is 69.1 Å². The zero-order valence-corrected chi connectivity index (χ0v) is 12.8. The zero-order valence-electron chi connectivity index (χ0n) is 11.3. The van der Waals surface area contributed by atoms with Crippen LogP contribution in [0.1, 0.15) is 16.0 Å². The molecule has 0 atom stereocenters. The topological polar surface area (TPSA) is 24.9 Å². The van der Waals surface area contributed by atoms with Crippen LogP contribution in [-0.4, -0.2) is 4.98 Å². The van der Waals surface area contributed by atoms with Crippen LogP contribution in [0.5, 0.6) is 0 Å². The van der Waals surface area contributed by atoms with Crippen LogP contribution < -0.4 is 5.32 Å². The van der Waals surface area contributed by atoms with E-state index in [2.05, 4.69) is 52.8 Å². The van der Waals surface area contributed by atoms with Crippen molar-refractivity contribution in [2.75, 3.05) is 5.32 Å². The van der Waals surface area contributed by atoms with Gasteiger partial charge in [0, 0.05) is 16.8 Å². The molecule has 1 aliphatic carbocycles. The fraction of sp³-hybridized carbons (Fsp3) is 0.118. The lowest BCUT2D eigenvalue weighted by Gasteiger charge is -2.07. The summed E-state index contributed by atoms with van der Waals surface area (Å²) < 4.78 is 0.594. The number of hydrogen-bond acceptors (Lipinski definition) is 3. The molecule has 0 fully saturated rings. The molecule has 104 valence electrons. The normalized spacial score (nSPS) is 12.0. The molecule has 0 spiro atoms. The highest BCUT2D eigenvalue weighted by molar-refractivity contribution is 7.15. The van der Waals surface area contributed by atoms with Gasteiger partial charge < -0.3 is 5.32 Å². The highest BCUT2D eigenvalue weighted by Crippen LogP contribution is 2.37. The van der Waals surface area contributed by atoms with Crippen LogP contribution in [-0.2, 0) is 13.0 Å². The SMILES string of the molecule is Clc1ncc(CNc2ccc3c(c2)Cc2ccccc2-3)s1. The fourth-order valence-corrected chi connectivity index (χ4v) is 3.73. The zero-order chi connectivity index (χ0) is 14.2. The molecule has 1 aliphatic rings. The molecule has 21 heavy (non-hydrogen) atoms. The number of thiazole rings is 1. The van der Waals surface area contributed by atoms with Crippen LogP contribution in [0.4, 0.5) is 5.69 Å². The molecule has 0 bridgehead atoms. The summed E-state index contributed by atoms with van der Waals surface area (Å²) in [5.41, 5.74) is 6.68. The lowest BCUT2D eigenvalue weighted by Crippen LogP contribution is -1.97. The molecule has 0 aliphatic heterocycles. The summed E-state index contributed by atoms with van der Waals surface area (Å²) in [6.07, 6.45) is 2.84. The van der Waals surface area contributed by atoms with Crippen molar-refractivity contribution in [2.24, 2.45) is 0 Å². The van der Waals surface area contributed by atoms with Gasteiger partial charge in [-0.1, -0.05) is 41.9 Å². The maximum Gasteiger partial charge on any atom is 0.183 e. The Hall–Kier alpha value is -1.84. The summed E-state index contributed by atoms with van der Waals surface area (Å²) in [4.78, 5) is 5.20. The standard InChI is InChI=1S/C17H13ClN2S/c18-17-20-10-14(21-17)9-19-13-5-6-16-12(8-13)7-11-3-1-2-4-15(11)16/h1-6,8,10,19H,7,9H2. The monoisotopic (exact) mass is 312 g/mol. The Balaban J connectivity index is 1.56. The van der Waals surface area contributed by atoms with Gasteiger partial charge in [-0.3, -0.25) is 0 Å². The maximum atomic E-state index is 5.85. The second-order valence-electron chi connectivity index (χ2n) is 5.14. The lowest BCUT2D eigenvalue weighted by atomic mass is 10.1. The van der Waals surface area contributed by atoms with Gasteiger partial charge in [-0.2, -0.15) is 0 Å². The maximum absolute atomic E-state index is 5.85. The van der Waals surface area contributed by atoms with Gasteiger partial charge >= 0.3 is 0 Å². The third-order valence-electron chi connectivity index (χ3n) is 3.79. The summed E-state index contributed by atoms with van der Waals surface area (Å²) in [6.45, 7) is 0.760. The average Bonchev–Trinajstić information content (AvgIpc) is 3.07. The van der Waals surface area contributed by atoms with Crippen LogP contribution in [0.2, 0.25) is 4.47 Å². The van der Waals surface area contributed by atoms with Gasteiger partial charge in [0.15, 0.2) is 4.47 Å². The molecule has 0 saturated carbocycles. The molecular weight excluding hydrogens is 300 g/mol. The number of aromatic nitrogens is 1. The van der Waals surface area contributed by atoms with Crippen LogP contribution in [0.3, 0.4) is 0 Å². The first-order chi connectivity index (χ1) is 10.3. The highest BCUT2D eigenvalue weighted by atomic mass is 35.5. The Morgan fingerprint density at radius 1 is 1.10 bits per heavy atom. The first kappa shape index (κ1) is 12.9. The van der Waals surface area contributed by atoms with Crippen LogP contribution in [0.15, 0.2) is 48.7 Å². The van der Waals surface area contributed by atoms with E-state index in [4.69, 9.17) is 11.6 Å². The van der Waals surface area contributed by atoms with Crippen molar-refractivity contribution >= 4 is 28.6 Å². The fourth-order valence-electron chi connectivity index (χ4n) is 2.81. The second kappa shape index (κ2) is 5.17. The van der Waals surface area contributed by atoms with E-state index in [9.17, 15) is 0 Å². The van der Waals surface area contributed by atoms with E-state index in [1.54, 1.807) is 0 Å². The van der Waals surface area contributed by atoms with Crippen molar-refractivity contribution < 1.29 is 0 Å². The van der Waals surface area contributed by atoms with Crippen LogP contribution >= 0.6 is 22.9 Å². The second-order valence-corrected chi connectivity index (χ2v) is 6.84. The van der Waals surface area contributed by atoms with Gasteiger partial charge in [-0.05, 0) is 40.8 Å². The predicted molar refractivity (Wildman–Crippen MR) is 89.1 cm³/mol. The number of anilines is 1. The van der Waals surface area contributed by atoms with Gasteiger partial charge in [0.1, 0.15) is 0 Å². The van der Waals surface area contributed by atoms with Gasteiger partial charge in [0.25, 0.3) is 0 Å². The Morgan fingerprint density at radius 3 is 2.81 bits per heavy atom. The van der Waals surface area contributed by atoms with Crippen LogP contribution in [0, 0.1) is 0 Å². The van der Waals surface area contributed by atoms with Gasteiger partial charge in [-0.25, -0.2) is 4.98 Å². The largest absolute Gasteiger partial charge is 0.380 e. The molecule has 4 rings (SSSR count). The number of benzene rings is 2. The Morgan fingerprint density at radius 2 is 1.95 bits per heavy atom. The van der Waals surface area contributed by atoms with Crippen LogP contribution in [0.25, 0.3) is 11.1 Å². The van der Waals surface area contributed by atoms with E-state index >= 15 is 0 Å². The van der Waals surface area contributed by atoms with Crippen molar-refractivity contribution in [1.29, 1.82) is 0 Å². The summed E-state index contributed by atoms with van der Waals surface area (Å²) >= 11 is 7.36. The third-order valence-corrected chi connectivity index (χ3v) is 4.90. The van der Waals surface area contributed by atoms with E-state index in [-0.39, 0.29) is 0 Å². The Labute approximate surface area is 132 Å². The molecule has 4 heteroatoms. The Bertz CT molecular complexity index is 810. The minimum Gasteiger partial charge on any atom is -0.380 e. The summed E-state index contributed by atoms with van der Waals surface area (Å²) in [5, 5.41) is 3.44. The van der Waals surface area contributed by atoms with Crippen molar-refractivity contribution in [2.45, 2.75) is 13.0 Å². The van der Waals surface area contributed by atoms with Gasteiger partial charge in [-0.15, -0.1) is 11.3 Å². The number of hydrogen-bond donors (Lipinski definition) is 1. The summed E-state index contributed by atoms with van der Waals surface area (Å²) in [7, 11) is 0. The minimum atomic E-state index is 0.594. The van der Waals surface area contributed by atoms with E-state index in [1.807, 2.05) is 6.20 Å². The molecular formula is C17H13ClN2S. The molecule has 2 aromatic carbocycles. The van der Waals surface area contributed by atoms with Gasteiger partial charge in [0.05, 0.1) is 6.54 Å². The van der Waals surface area contributed by atoms with Crippen molar-refractivity contribution in [1.82, 2.24) is 4.98 Å². The number of rotatable bonds is 3. The summed E-state index contributed by atoms with van der Waals surface area (Å²) in [6, 6.07) is 15.2. The van der Waals surface area contributed by atoms with E-state index in [0.717, 1.165) is 23.5 Å². The lowest BCUT2D eigenvalue weighted by molar-refractivity contribution is 1.17. The third kappa shape index (κ3) is 2.43. The smallest absolute Gasteiger partial charge is 0.183 e. The summed E-state index contributed by atoms with van der Waals surface area (Å²) in [5.74, 6) is 0. The van der Waals surface area contributed by atoms with Gasteiger partial charge in [0.2, 0.25) is 0 Å². The number of fused-ring (bicyclic) bond motifs is 3. The van der Waals surface area contributed by atoms with E-state index in [0.29, 0.717) is 4.47 Å². The minimum absolute atomic E-state index is 0.594. The molecule has 3 aromatic rings. The van der Waals surface area contributed by atoms with Crippen molar-refractivity contribution in [3.8, 4) is 11.1 Å². The molecule has 0 unspecified atom stereocenters. The number of nitrogens with zero attached hydrogens (tertiary/aromatic N) is 1. The first-order valence-electron chi connectivity index (χ1n) is 6.85. The van der Waals surface area contributed by atoms with Crippen molar-refractivity contribution in [3.63, 3.8) is 0 Å². The Kier molecular flexibility index (Phi) is 3.17. The average molecular weight is 313 g/mol. The highest BCUT2D eigenvalue weighted by Gasteiger charge is 2.17. The first-order valence-corrected chi connectivity index (χ1v) is 8.04. The number of halogens is 1.